The molecule has 3 aromatic carbocycles. The molecule has 3 aromatic rings. The number of hydrogen-bond donors (Lipinski definition) is 0. The number of benzene rings is 3. The van der Waals surface area contributed by atoms with Crippen LogP contribution >= 0.6 is 0 Å². The van der Waals surface area contributed by atoms with Gasteiger partial charge in [0.05, 0.1) is 0 Å². The second-order valence-electron chi connectivity index (χ2n) is 10.3. The second kappa shape index (κ2) is 7.09. The minimum Gasteiger partial charge on any atom is -0.289 e. The van der Waals surface area contributed by atoms with E-state index in [2.05, 4.69) is 114 Å². The lowest BCUT2D eigenvalue weighted by molar-refractivity contribution is -0.114. The smallest absolute Gasteiger partial charge is 0.186 e. The summed E-state index contributed by atoms with van der Waals surface area (Å²) in [5.41, 5.74) is 3.65. The first-order valence-corrected chi connectivity index (χ1v) is 10.7. The molecule has 1 aliphatic carbocycles. The third-order valence-corrected chi connectivity index (χ3v) is 5.85. The second-order valence-corrected chi connectivity index (χ2v) is 10.3. The summed E-state index contributed by atoms with van der Waals surface area (Å²) < 4.78 is 0. The van der Waals surface area contributed by atoms with Crippen LogP contribution in [-0.2, 0) is 4.79 Å². The fourth-order valence-corrected chi connectivity index (χ4v) is 4.22. The summed E-state index contributed by atoms with van der Waals surface area (Å²) in [5.74, 6) is 0.176. The Morgan fingerprint density at radius 1 is 0.667 bits per heavy atom. The molecule has 0 saturated carbocycles. The summed E-state index contributed by atoms with van der Waals surface area (Å²) in [7, 11) is 0. The van der Waals surface area contributed by atoms with Crippen molar-refractivity contribution in [2.24, 2.45) is 10.8 Å². The predicted octanol–water partition coefficient (Wildman–Crippen LogP) is 7.90. The highest BCUT2D eigenvalue weighted by Crippen LogP contribution is 2.40. The van der Waals surface area contributed by atoms with Crippen LogP contribution in [0.1, 0.15) is 47.1 Å². The summed E-state index contributed by atoms with van der Waals surface area (Å²) in [4.78, 5) is 13.3. The molecule has 30 heavy (non-hydrogen) atoms. The predicted molar refractivity (Wildman–Crippen MR) is 130 cm³/mol. The van der Waals surface area contributed by atoms with E-state index in [0.717, 1.165) is 16.7 Å². The normalized spacial score (nSPS) is 15.4. The van der Waals surface area contributed by atoms with Crippen LogP contribution in [0.3, 0.4) is 0 Å². The lowest BCUT2D eigenvalue weighted by Crippen LogP contribution is -2.27. The molecule has 0 bridgehead atoms. The molecule has 0 heterocycles. The molecule has 0 atom stereocenters. The number of fused-ring (bicyclic) bond motifs is 2. The fraction of sp³-hybridized carbons (Fsp3) is 0.276. The van der Waals surface area contributed by atoms with E-state index in [9.17, 15) is 4.79 Å². The number of Topliss-reactive ketones (excluding diaryl/α,β-unsaturated/α-hetero) is 1. The molecule has 0 N–H and O–H groups in total. The lowest BCUT2D eigenvalue weighted by atomic mass is 9.71. The highest BCUT2D eigenvalue weighted by Gasteiger charge is 2.34. The Morgan fingerprint density at radius 2 is 1.10 bits per heavy atom. The molecule has 0 spiro atoms. The van der Waals surface area contributed by atoms with Crippen molar-refractivity contribution in [3.05, 3.63) is 89.0 Å². The van der Waals surface area contributed by atoms with E-state index >= 15 is 0 Å². The van der Waals surface area contributed by atoms with Crippen LogP contribution in [-0.4, -0.2) is 5.78 Å². The van der Waals surface area contributed by atoms with Gasteiger partial charge in [-0.2, -0.15) is 0 Å². The first kappa shape index (κ1) is 20.3. The molecule has 4 rings (SSSR count). The first-order chi connectivity index (χ1) is 14.1. The Labute approximate surface area is 179 Å². The molecule has 0 aromatic heterocycles. The zero-order valence-corrected chi connectivity index (χ0v) is 18.8. The van der Waals surface area contributed by atoms with E-state index < -0.39 is 0 Å². The summed E-state index contributed by atoms with van der Waals surface area (Å²) in [5, 5.41) is 4.93. The van der Waals surface area contributed by atoms with Crippen molar-refractivity contribution in [1.29, 1.82) is 0 Å². The van der Waals surface area contributed by atoms with Crippen LogP contribution in [0.4, 0.5) is 0 Å². The van der Waals surface area contributed by atoms with E-state index in [1.54, 1.807) is 0 Å². The van der Waals surface area contributed by atoms with Gasteiger partial charge in [-0.3, -0.25) is 4.79 Å². The van der Waals surface area contributed by atoms with Crippen molar-refractivity contribution in [2.45, 2.75) is 41.5 Å². The van der Waals surface area contributed by atoms with Crippen molar-refractivity contribution < 1.29 is 4.79 Å². The molecule has 0 aliphatic heterocycles. The van der Waals surface area contributed by atoms with Gasteiger partial charge in [0.15, 0.2) is 5.78 Å². The number of hydrogen-bond acceptors (Lipinski definition) is 1. The fourth-order valence-electron chi connectivity index (χ4n) is 4.22. The molecule has 0 saturated heterocycles. The van der Waals surface area contributed by atoms with Gasteiger partial charge < -0.3 is 0 Å². The van der Waals surface area contributed by atoms with Crippen LogP contribution in [0.15, 0.2) is 83.5 Å². The quantitative estimate of drug-likeness (QED) is 0.383. The maximum atomic E-state index is 13.3. The topological polar surface area (TPSA) is 17.1 Å². The molecule has 0 radical (unpaired) electrons. The van der Waals surface area contributed by atoms with Gasteiger partial charge in [-0.15, -0.1) is 0 Å². The number of carbonyl (C=O) groups excluding carboxylic acids is 1. The molecule has 152 valence electrons. The van der Waals surface area contributed by atoms with E-state index in [4.69, 9.17) is 0 Å². The van der Waals surface area contributed by atoms with Crippen LogP contribution < -0.4 is 0 Å². The van der Waals surface area contributed by atoms with E-state index in [1.165, 1.54) is 27.1 Å². The number of allylic oxidation sites excluding steroid dienone is 5. The molecule has 1 heteroatoms. The van der Waals surface area contributed by atoms with Gasteiger partial charge in [-0.1, -0.05) is 90.1 Å². The number of carbonyl (C=O) groups is 1. The Hall–Kier alpha value is -2.93. The van der Waals surface area contributed by atoms with Gasteiger partial charge in [0, 0.05) is 11.1 Å². The minimum absolute atomic E-state index is 0.176. The molecule has 0 amide bonds. The third-order valence-electron chi connectivity index (χ3n) is 5.85. The van der Waals surface area contributed by atoms with Gasteiger partial charge >= 0.3 is 0 Å². The average molecular weight is 395 g/mol. The maximum Gasteiger partial charge on any atom is 0.186 e. The first-order valence-electron chi connectivity index (χ1n) is 10.7. The Morgan fingerprint density at radius 3 is 1.53 bits per heavy atom. The Balaban J connectivity index is 2.04. The molecular formula is C29H30O. The zero-order valence-electron chi connectivity index (χ0n) is 18.8. The van der Waals surface area contributed by atoms with E-state index in [1.807, 2.05) is 0 Å². The van der Waals surface area contributed by atoms with E-state index in [0.29, 0.717) is 0 Å². The summed E-state index contributed by atoms with van der Waals surface area (Å²) in [6.07, 6.45) is 6.44. The third kappa shape index (κ3) is 3.65. The molecule has 1 nitrogen and oxygen atoms in total. The van der Waals surface area contributed by atoms with Crippen molar-refractivity contribution in [3.8, 4) is 0 Å². The van der Waals surface area contributed by atoms with Gasteiger partial charge in [0.2, 0.25) is 0 Å². The van der Waals surface area contributed by atoms with Crippen molar-refractivity contribution >= 4 is 33.4 Å². The molecule has 0 fully saturated rings. The van der Waals surface area contributed by atoms with Gasteiger partial charge in [0.25, 0.3) is 0 Å². The number of rotatable bonds is 1. The molecule has 0 unspecified atom stereocenters. The van der Waals surface area contributed by atoms with Gasteiger partial charge in [-0.05, 0) is 67.8 Å². The average Bonchev–Trinajstić information content (AvgIpc) is 2.67. The van der Waals surface area contributed by atoms with Crippen LogP contribution in [0.25, 0.3) is 27.6 Å². The molecule has 1 aliphatic rings. The summed E-state index contributed by atoms with van der Waals surface area (Å²) in [6.45, 7) is 12.7. The van der Waals surface area contributed by atoms with Gasteiger partial charge in [0.1, 0.15) is 0 Å². The van der Waals surface area contributed by atoms with Gasteiger partial charge in [-0.25, -0.2) is 0 Å². The highest BCUT2D eigenvalue weighted by molar-refractivity contribution is 6.13. The van der Waals surface area contributed by atoms with Crippen molar-refractivity contribution in [1.82, 2.24) is 0 Å². The largest absolute Gasteiger partial charge is 0.289 e. The Bertz CT molecular complexity index is 1160. The Kier molecular flexibility index (Phi) is 4.81. The standard InChI is InChI=1S/C29H30O/c1-28(2,3)25-16-19(17-26(27(25)30)29(4,5)6)15-24-22-13-9-7-11-20(22)18-21-12-8-10-14-23(21)24/h7-18H,1-6H3. The van der Waals surface area contributed by atoms with Crippen molar-refractivity contribution in [3.63, 3.8) is 0 Å². The van der Waals surface area contributed by atoms with Crippen LogP contribution in [0, 0.1) is 10.8 Å². The lowest BCUT2D eigenvalue weighted by Gasteiger charge is -2.31. The number of ketones is 1. The minimum atomic E-state index is -0.207. The van der Waals surface area contributed by atoms with E-state index in [-0.39, 0.29) is 16.6 Å². The SMILES string of the molecule is CC(C)(C)C1=CC(=Cc2c3ccccc3cc3ccccc23)C=C(C(C)(C)C)C1=O. The zero-order chi connectivity index (χ0) is 21.7. The maximum absolute atomic E-state index is 13.3. The monoisotopic (exact) mass is 394 g/mol. The molecular weight excluding hydrogens is 364 g/mol. The summed E-state index contributed by atoms with van der Waals surface area (Å²) in [6, 6.07) is 19.3. The summed E-state index contributed by atoms with van der Waals surface area (Å²) >= 11 is 0. The van der Waals surface area contributed by atoms with Crippen LogP contribution in [0.5, 0.6) is 0 Å². The van der Waals surface area contributed by atoms with Crippen molar-refractivity contribution in [2.75, 3.05) is 0 Å². The van der Waals surface area contributed by atoms with Crippen LogP contribution in [0.2, 0.25) is 0 Å². The highest BCUT2D eigenvalue weighted by atomic mass is 16.1.